The molecule has 0 saturated heterocycles. The fraction of sp³-hybridized carbons (Fsp3) is 0.0476. The highest BCUT2D eigenvalue weighted by molar-refractivity contribution is 9.10. The normalized spacial score (nSPS) is 10.8. The van der Waals surface area contributed by atoms with Crippen molar-refractivity contribution < 1.29 is 4.79 Å². The van der Waals surface area contributed by atoms with Gasteiger partial charge < -0.3 is 9.72 Å². The number of aromatic nitrogens is 2. The van der Waals surface area contributed by atoms with E-state index in [9.17, 15) is 4.79 Å². The van der Waals surface area contributed by atoms with E-state index in [1.54, 1.807) is 6.07 Å². The number of imidazole rings is 1. The van der Waals surface area contributed by atoms with E-state index in [2.05, 4.69) is 26.2 Å². The van der Waals surface area contributed by atoms with Crippen molar-refractivity contribution >= 4 is 33.2 Å². The highest BCUT2D eigenvalue weighted by Crippen LogP contribution is 2.26. The number of amides is 1. The number of fused-ring (bicyclic) bond motifs is 1. The topological polar surface area (TPSA) is 46.4 Å². The van der Waals surface area contributed by atoms with Gasteiger partial charge in [0.15, 0.2) is 0 Å². The number of aryl methyl sites for hydroxylation is 1. The first-order valence-corrected chi connectivity index (χ1v) is 9.02. The van der Waals surface area contributed by atoms with Crippen molar-refractivity contribution in [2.75, 3.05) is 5.32 Å². The van der Waals surface area contributed by atoms with Crippen LogP contribution in [0.4, 0.5) is 5.69 Å². The number of nitrogens with zero attached hydrogens (tertiary/aromatic N) is 2. The summed E-state index contributed by atoms with van der Waals surface area (Å²) in [4.78, 5) is 17.3. The van der Waals surface area contributed by atoms with E-state index < -0.39 is 0 Å². The van der Waals surface area contributed by atoms with Crippen LogP contribution in [-0.4, -0.2) is 15.3 Å². The molecule has 0 atom stereocenters. The lowest BCUT2D eigenvalue weighted by atomic mass is 10.1. The summed E-state index contributed by atoms with van der Waals surface area (Å²) in [5, 5.41) is 3.01. The summed E-state index contributed by atoms with van der Waals surface area (Å²) in [7, 11) is 0. The van der Waals surface area contributed by atoms with Gasteiger partial charge in [-0.05, 0) is 58.7 Å². The van der Waals surface area contributed by atoms with E-state index in [0.29, 0.717) is 5.56 Å². The lowest BCUT2D eigenvalue weighted by Gasteiger charge is -2.11. The average molecular weight is 406 g/mol. The van der Waals surface area contributed by atoms with Crippen molar-refractivity contribution in [3.63, 3.8) is 0 Å². The van der Waals surface area contributed by atoms with Gasteiger partial charge in [-0.3, -0.25) is 4.79 Å². The summed E-state index contributed by atoms with van der Waals surface area (Å²) in [5.41, 5.74) is 5.10. The summed E-state index contributed by atoms with van der Waals surface area (Å²) in [6.45, 7) is 1.98. The largest absolute Gasteiger partial charge is 0.322 e. The molecule has 0 fully saturated rings. The molecule has 0 unspecified atom stereocenters. The van der Waals surface area contributed by atoms with Crippen molar-refractivity contribution in [1.29, 1.82) is 0 Å². The number of rotatable bonds is 3. The predicted molar refractivity (Wildman–Crippen MR) is 107 cm³/mol. The van der Waals surface area contributed by atoms with Gasteiger partial charge in [0, 0.05) is 28.1 Å². The fourth-order valence-corrected chi connectivity index (χ4v) is 3.29. The minimum Gasteiger partial charge on any atom is -0.322 e. The lowest BCUT2D eigenvalue weighted by Crippen LogP contribution is -2.13. The highest BCUT2D eigenvalue weighted by atomic mass is 79.9. The van der Waals surface area contributed by atoms with Gasteiger partial charge in [0.05, 0.1) is 11.3 Å². The second-order valence-electron chi connectivity index (χ2n) is 6.06. The molecule has 0 saturated carbocycles. The van der Waals surface area contributed by atoms with Crippen LogP contribution in [0.2, 0.25) is 0 Å². The molecule has 2 heterocycles. The second-order valence-corrected chi connectivity index (χ2v) is 6.91. The molecule has 4 nitrogen and oxygen atoms in total. The number of hydrogen-bond donors (Lipinski definition) is 1. The van der Waals surface area contributed by atoms with Crippen molar-refractivity contribution in [3.05, 3.63) is 88.7 Å². The van der Waals surface area contributed by atoms with Crippen molar-refractivity contribution in [3.8, 4) is 11.3 Å². The Balaban J connectivity index is 1.68. The molecule has 0 aliphatic carbocycles. The third-order valence-corrected chi connectivity index (χ3v) is 4.96. The molecule has 4 aromatic rings. The van der Waals surface area contributed by atoms with Gasteiger partial charge in [0.25, 0.3) is 5.91 Å². The van der Waals surface area contributed by atoms with Crippen LogP contribution in [0.15, 0.2) is 77.5 Å². The quantitative estimate of drug-likeness (QED) is 0.500. The van der Waals surface area contributed by atoms with Crippen molar-refractivity contribution in [1.82, 2.24) is 9.38 Å². The first-order valence-electron chi connectivity index (χ1n) is 8.22. The molecule has 2 aromatic heterocycles. The number of carbonyl (C=O) groups excluding carboxylic acids is 1. The number of hydrogen-bond acceptors (Lipinski definition) is 2. The Morgan fingerprint density at radius 1 is 1.08 bits per heavy atom. The minimum atomic E-state index is -0.146. The molecule has 0 bridgehead atoms. The Bertz CT molecular complexity index is 1080. The van der Waals surface area contributed by atoms with Crippen LogP contribution >= 0.6 is 15.9 Å². The predicted octanol–water partition coefficient (Wildman–Crippen LogP) is 5.32. The molecule has 1 amide bonds. The highest BCUT2D eigenvalue weighted by Gasteiger charge is 2.12. The first-order chi connectivity index (χ1) is 12.6. The van der Waals surface area contributed by atoms with Gasteiger partial charge in [-0.1, -0.05) is 30.3 Å². The Morgan fingerprint density at radius 2 is 1.88 bits per heavy atom. The maximum absolute atomic E-state index is 12.6. The number of pyridine rings is 1. The summed E-state index contributed by atoms with van der Waals surface area (Å²) < 4.78 is 2.75. The molecule has 1 N–H and O–H groups in total. The third-order valence-electron chi connectivity index (χ3n) is 4.26. The standard InChI is InChI=1S/C21H16BrN3O/c1-14-9-10-15(19-13-25-11-5-4-8-20(25)23-19)12-18(14)24-21(26)16-6-2-3-7-17(16)22/h2-13H,1H3,(H,24,26). The number of nitrogens with one attached hydrogen (secondary N) is 1. The van der Waals surface area contributed by atoms with Crippen LogP contribution in [0.5, 0.6) is 0 Å². The van der Waals surface area contributed by atoms with Gasteiger partial charge in [-0.25, -0.2) is 4.98 Å². The van der Waals surface area contributed by atoms with Crippen LogP contribution in [0.3, 0.4) is 0 Å². The monoisotopic (exact) mass is 405 g/mol. The lowest BCUT2D eigenvalue weighted by molar-refractivity contribution is 0.102. The van der Waals surface area contributed by atoms with Crippen LogP contribution < -0.4 is 5.32 Å². The van der Waals surface area contributed by atoms with Gasteiger partial charge in [0.2, 0.25) is 0 Å². The summed E-state index contributed by atoms with van der Waals surface area (Å²) >= 11 is 3.43. The van der Waals surface area contributed by atoms with E-state index >= 15 is 0 Å². The maximum atomic E-state index is 12.6. The minimum absolute atomic E-state index is 0.146. The summed E-state index contributed by atoms with van der Waals surface area (Å²) in [6, 6.07) is 19.3. The SMILES string of the molecule is Cc1ccc(-c2cn3ccccc3n2)cc1NC(=O)c1ccccc1Br. The molecule has 5 heteroatoms. The van der Waals surface area contributed by atoms with E-state index in [1.807, 2.05) is 78.3 Å². The van der Waals surface area contributed by atoms with Gasteiger partial charge >= 0.3 is 0 Å². The molecule has 4 rings (SSSR count). The fourth-order valence-electron chi connectivity index (χ4n) is 2.82. The maximum Gasteiger partial charge on any atom is 0.256 e. The number of carbonyl (C=O) groups is 1. The van der Waals surface area contributed by atoms with Gasteiger partial charge in [-0.2, -0.15) is 0 Å². The number of benzene rings is 2. The van der Waals surface area contributed by atoms with Crippen LogP contribution in [-0.2, 0) is 0 Å². The van der Waals surface area contributed by atoms with E-state index in [1.165, 1.54) is 0 Å². The van der Waals surface area contributed by atoms with Crippen LogP contribution in [0.1, 0.15) is 15.9 Å². The molecular weight excluding hydrogens is 390 g/mol. The second kappa shape index (κ2) is 6.77. The van der Waals surface area contributed by atoms with Gasteiger partial charge in [0.1, 0.15) is 5.65 Å². The Kier molecular flexibility index (Phi) is 4.31. The Morgan fingerprint density at radius 3 is 2.69 bits per heavy atom. The van der Waals surface area contributed by atoms with E-state index in [4.69, 9.17) is 0 Å². The first kappa shape index (κ1) is 16.5. The number of halogens is 1. The van der Waals surface area contributed by atoms with Crippen LogP contribution in [0, 0.1) is 6.92 Å². The van der Waals surface area contributed by atoms with Crippen molar-refractivity contribution in [2.45, 2.75) is 6.92 Å². The van der Waals surface area contributed by atoms with E-state index in [-0.39, 0.29) is 5.91 Å². The smallest absolute Gasteiger partial charge is 0.256 e. The summed E-state index contributed by atoms with van der Waals surface area (Å²) in [6.07, 6.45) is 3.95. The molecular formula is C21H16BrN3O. The molecule has 2 aromatic carbocycles. The molecule has 0 aliphatic heterocycles. The molecule has 26 heavy (non-hydrogen) atoms. The van der Waals surface area contributed by atoms with E-state index in [0.717, 1.165) is 32.6 Å². The molecule has 0 spiro atoms. The molecule has 0 radical (unpaired) electrons. The molecule has 0 aliphatic rings. The Labute approximate surface area is 159 Å². The zero-order valence-electron chi connectivity index (χ0n) is 14.1. The van der Waals surface area contributed by atoms with Crippen molar-refractivity contribution in [2.24, 2.45) is 0 Å². The zero-order chi connectivity index (χ0) is 18.1. The third kappa shape index (κ3) is 3.13. The van der Waals surface area contributed by atoms with Crippen LogP contribution in [0.25, 0.3) is 16.9 Å². The number of anilines is 1. The molecule has 128 valence electrons. The Hall–Kier alpha value is -2.92. The average Bonchev–Trinajstić information content (AvgIpc) is 3.08. The summed E-state index contributed by atoms with van der Waals surface area (Å²) in [5.74, 6) is -0.146. The van der Waals surface area contributed by atoms with Gasteiger partial charge in [-0.15, -0.1) is 0 Å². The zero-order valence-corrected chi connectivity index (χ0v) is 15.7.